The largest absolute Gasteiger partial charge is 0.505 e. The highest BCUT2D eigenvalue weighted by Gasteiger charge is 2.15. The minimum Gasteiger partial charge on any atom is -0.505 e. The molecule has 0 aliphatic heterocycles. The van der Waals surface area contributed by atoms with Crippen LogP contribution < -0.4 is 0 Å². The van der Waals surface area contributed by atoms with Crippen LogP contribution in [0.3, 0.4) is 0 Å². The number of benzene rings is 3. The van der Waals surface area contributed by atoms with E-state index in [9.17, 15) is 18.3 Å². The highest BCUT2D eigenvalue weighted by molar-refractivity contribution is 5.89. The molecule has 4 heteroatoms. The molecule has 0 fully saturated rings. The smallest absolute Gasteiger partial charge is 0.175 e. The number of aryl methyl sites for hydroxylation is 1. The van der Waals surface area contributed by atoms with Gasteiger partial charge in [0.2, 0.25) is 0 Å². The molecule has 0 bridgehead atoms. The Morgan fingerprint density at radius 1 is 0.917 bits per heavy atom. The monoisotopic (exact) mass is 330 g/mol. The number of hydrogen-bond donors (Lipinski definition) is 1. The van der Waals surface area contributed by atoms with Crippen LogP contribution in [-0.4, -0.2) is 5.11 Å². The molecule has 0 aromatic heterocycles. The van der Waals surface area contributed by atoms with Gasteiger partial charge in [-0.3, -0.25) is 0 Å². The molecule has 124 valence electrons. The molecule has 0 aliphatic carbocycles. The fourth-order valence-electron chi connectivity index (χ4n) is 2.85. The van der Waals surface area contributed by atoms with Crippen molar-refractivity contribution in [2.24, 2.45) is 0 Å². The number of phenols is 1. The van der Waals surface area contributed by atoms with Crippen molar-refractivity contribution in [3.63, 3.8) is 0 Å². The summed E-state index contributed by atoms with van der Waals surface area (Å²) < 4.78 is 42.6. The van der Waals surface area contributed by atoms with Crippen LogP contribution in [0.5, 0.6) is 5.75 Å². The zero-order chi connectivity index (χ0) is 17.3. The number of aromatic hydroxyl groups is 1. The molecular formula is C20H17F3O. The number of fused-ring (bicyclic) bond motifs is 1. The quantitative estimate of drug-likeness (QED) is 0.624. The second-order valence-corrected chi connectivity index (χ2v) is 5.87. The summed E-state index contributed by atoms with van der Waals surface area (Å²) in [6, 6.07) is 10.1. The van der Waals surface area contributed by atoms with Crippen LogP contribution in [0.25, 0.3) is 21.9 Å². The predicted octanol–water partition coefficient (Wildman–Crippen LogP) is 5.97. The van der Waals surface area contributed by atoms with E-state index in [1.807, 2.05) is 6.07 Å². The zero-order valence-corrected chi connectivity index (χ0v) is 13.2. The number of rotatable bonds is 4. The van der Waals surface area contributed by atoms with Gasteiger partial charge in [-0.2, -0.15) is 0 Å². The van der Waals surface area contributed by atoms with E-state index in [0.717, 1.165) is 37.0 Å². The van der Waals surface area contributed by atoms with E-state index in [1.54, 1.807) is 6.07 Å². The van der Waals surface area contributed by atoms with Gasteiger partial charge >= 0.3 is 0 Å². The predicted molar refractivity (Wildman–Crippen MR) is 89.5 cm³/mol. The first-order valence-corrected chi connectivity index (χ1v) is 7.90. The molecule has 0 saturated carbocycles. The number of hydrogen-bond acceptors (Lipinski definition) is 1. The van der Waals surface area contributed by atoms with E-state index in [2.05, 4.69) is 6.92 Å². The normalized spacial score (nSPS) is 11.2. The van der Waals surface area contributed by atoms with Crippen molar-refractivity contribution in [3.05, 3.63) is 65.5 Å². The van der Waals surface area contributed by atoms with E-state index in [4.69, 9.17) is 0 Å². The summed E-state index contributed by atoms with van der Waals surface area (Å²) in [4.78, 5) is 0. The molecule has 3 aromatic carbocycles. The molecule has 1 N–H and O–H groups in total. The van der Waals surface area contributed by atoms with Crippen molar-refractivity contribution in [2.45, 2.75) is 26.2 Å². The summed E-state index contributed by atoms with van der Waals surface area (Å²) in [5.74, 6) is -2.88. The minimum atomic E-state index is -1.01. The summed E-state index contributed by atoms with van der Waals surface area (Å²) in [6.45, 7) is 2.07. The van der Waals surface area contributed by atoms with Gasteiger partial charge in [-0.15, -0.1) is 0 Å². The van der Waals surface area contributed by atoms with Gasteiger partial charge in [0.15, 0.2) is 11.6 Å². The van der Waals surface area contributed by atoms with Crippen molar-refractivity contribution in [2.75, 3.05) is 0 Å². The summed E-state index contributed by atoms with van der Waals surface area (Å²) in [7, 11) is 0. The Balaban J connectivity index is 2.08. The van der Waals surface area contributed by atoms with E-state index in [0.29, 0.717) is 5.56 Å². The Morgan fingerprint density at radius 3 is 2.42 bits per heavy atom. The van der Waals surface area contributed by atoms with Crippen molar-refractivity contribution in [1.82, 2.24) is 0 Å². The topological polar surface area (TPSA) is 20.2 Å². The SMILES string of the molecule is CCCCc1ccc(-c2cc(F)c3c(F)c(O)ccc3c2)c(F)c1. The summed E-state index contributed by atoms with van der Waals surface area (Å²) in [5, 5.41) is 9.35. The third kappa shape index (κ3) is 2.96. The van der Waals surface area contributed by atoms with Gasteiger partial charge in [-0.1, -0.05) is 31.5 Å². The van der Waals surface area contributed by atoms with Crippen molar-refractivity contribution in [3.8, 4) is 16.9 Å². The molecule has 1 nitrogen and oxygen atoms in total. The average Bonchev–Trinajstić information content (AvgIpc) is 2.56. The van der Waals surface area contributed by atoms with Crippen LogP contribution in [0.2, 0.25) is 0 Å². The van der Waals surface area contributed by atoms with E-state index in [-0.39, 0.29) is 16.3 Å². The number of unbranched alkanes of at least 4 members (excludes halogenated alkanes) is 1. The fraction of sp³-hybridized carbons (Fsp3) is 0.200. The van der Waals surface area contributed by atoms with Gasteiger partial charge in [0.05, 0.1) is 5.39 Å². The molecule has 3 aromatic rings. The molecule has 0 spiro atoms. The lowest BCUT2D eigenvalue weighted by Gasteiger charge is -2.10. The molecule has 0 unspecified atom stereocenters. The van der Waals surface area contributed by atoms with Crippen molar-refractivity contribution >= 4 is 10.8 Å². The minimum absolute atomic E-state index is 0.268. The Kier molecular flexibility index (Phi) is 4.47. The Labute approximate surface area is 138 Å². The fourth-order valence-corrected chi connectivity index (χ4v) is 2.85. The van der Waals surface area contributed by atoms with Crippen LogP contribution in [0, 0.1) is 17.5 Å². The van der Waals surface area contributed by atoms with Gasteiger partial charge in [-0.25, -0.2) is 13.2 Å². The summed E-state index contributed by atoms with van der Waals surface area (Å²) in [6.07, 6.45) is 2.80. The Hall–Kier alpha value is -2.49. The van der Waals surface area contributed by atoms with Crippen molar-refractivity contribution < 1.29 is 18.3 Å². The lowest BCUT2D eigenvalue weighted by atomic mass is 9.98. The maximum absolute atomic E-state index is 14.4. The second-order valence-electron chi connectivity index (χ2n) is 5.87. The maximum atomic E-state index is 14.4. The zero-order valence-electron chi connectivity index (χ0n) is 13.2. The molecule has 0 radical (unpaired) electrons. The van der Waals surface area contributed by atoms with E-state index in [1.165, 1.54) is 18.2 Å². The van der Waals surface area contributed by atoms with Crippen molar-refractivity contribution in [1.29, 1.82) is 0 Å². The molecule has 0 aliphatic rings. The van der Waals surface area contributed by atoms with Gasteiger partial charge in [0, 0.05) is 5.56 Å². The summed E-state index contributed by atoms with van der Waals surface area (Å²) in [5.41, 5.74) is 1.50. The number of phenolic OH excluding ortho intramolecular Hbond substituents is 1. The number of halogens is 3. The molecular weight excluding hydrogens is 313 g/mol. The van der Waals surface area contributed by atoms with E-state index < -0.39 is 23.2 Å². The lowest BCUT2D eigenvalue weighted by Crippen LogP contribution is -1.92. The van der Waals surface area contributed by atoms with Crippen LogP contribution >= 0.6 is 0 Å². The van der Waals surface area contributed by atoms with Gasteiger partial charge in [0.1, 0.15) is 11.6 Å². The molecule has 3 rings (SSSR count). The highest BCUT2D eigenvalue weighted by Crippen LogP contribution is 2.33. The summed E-state index contributed by atoms with van der Waals surface area (Å²) >= 11 is 0. The third-order valence-electron chi connectivity index (χ3n) is 4.15. The molecule has 0 amide bonds. The first-order valence-electron chi connectivity index (χ1n) is 7.90. The van der Waals surface area contributed by atoms with Crippen LogP contribution in [-0.2, 0) is 6.42 Å². The first-order chi connectivity index (χ1) is 11.5. The first kappa shape index (κ1) is 16.4. The maximum Gasteiger partial charge on any atom is 0.175 e. The molecule has 24 heavy (non-hydrogen) atoms. The average molecular weight is 330 g/mol. The van der Waals surface area contributed by atoms with Crippen LogP contribution in [0.1, 0.15) is 25.3 Å². The van der Waals surface area contributed by atoms with Crippen LogP contribution in [0.15, 0.2) is 42.5 Å². The Morgan fingerprint density at radius 2 is 1.71 bits per heavy atom. The van der Waals surface area contributed by atoms with Crippen LogP contribution in [0.4, 0.5) is 13.2 Å². The third-order valence-corrected chi connectivity index (χ3v) is 4.15. The standard InChI is InChI=1S/C20H17F3O/c1-2-3-4-12-5-7-15(16(21)9-12)14-10-13-6-8-18(24)20(23)19(13)17(22)11-14/h5-11,24H,2-4H2,1H3. The highest BCUT2D eigenvalue weighted by atomic mass is 19.1. The van der Waals surface area contributed by atoms with Gasteiger partial charge in [0.25, 0.3) is 0 Å². The molecule has 0 atom stereocenters. The van der Waals surface area contributed by atoms with Gasteiger partial charge in [-0.05, 0) is 53.6 Å². The van der Waals surface area contributed by atoms with Gasteiger partial charge < -0.3 is 5.11 Å². The lowest BCUT2D eigenvalue weighted by molar-refractivity contribution is 0.435. The van der Waals surface area contributed by atoms with E-state index >= 15 is 0 Å². The Bertz CT molecular complexity index is 903. The second kappa shape index (κ2) is 6.56. The molecule has 0 heterocycles. The molecule has 0 saturated heterocycles.